The number of phenols is 1. The van der Waals surface area contributed by atoms with Gasteiger partial charge >= 0.3 is 0 Å². The van der Waals surface area contributed by atoms with E-state index < -0.39 is 10.0 Å². The maximum Gasteiger partial charge on any atom is 0.243 e. The molecule has 5 nitrogen and oxygen atoms in total. The molecule has 0 aromatic heterocycles. The third-order valence-corrected chi connectivity index (χ3v) is 7.72. The molecule has 2 N–H and O–H groups in total. The molecule has 4 rings (SSSR count). The van der Waals surface area contributed by atoms with Gasteiger partial charge in [0.05, 0.1) is 10.9 Å². The Labute approximate surface area is 178 Å². The molecule has 3 atom stereocenters. The van der Waals surface area contributed by atoms with Gasteiger partial charge in [0.1, 0.15) is 5.75 Å². The van der Waals surface area contributed by atoms with Crippen LogP contribution in [0.5, 0.6) is 5.75 Å². The molecule has 156 valence electrons. The van der Waals surface area contributed by atoms with Crippen molar-refractivity contribution in [2.75, 3.05) is 18.4 Å². The van der Waals surface area contributed by atoms with Gasteiger partial charge in [-0.3, -0.25) is 0 Å². The van der Waals surface area contributed by atoms with Crippen LogP contribution < -0.4 is 5.32 Å². The van der Waals surface area contributed by atoms with Crippen molar-refractivity contribution in [3.05, 3.63) is 91.1 Å². The summed E-state index contributed by atoms with van der Waals surface area (Å²) in [4.78, 5) is 0.286. The van der Waals surface area contributed by atoms with Gasteiger partial charge < -0.3 is 10.4 Å². The van der Waals surface area contributed by atoms with Crippen molar-refractivity contribution >= 4 is 15.7 Å². The number of fused-ring (bicyclic) bond motifs is 3. The first kappa shape index (κ1) is 20.4. The Morgan fingerprint density at radius 3 is 2.47 bits per heavy atom. The number of allylic oxidation sites excluding steroid dienone is 2. The van der Waals surface area contributed by atoms with E-state index in [2.05, 4.69) is 30.6 Å². The normalized spacial score (nSPS) is 22.2. The van der Waals surface area contributed by atoms with E-state index in [-0.39, 0.29) is 41.6 Å². The molecule has 0 saturated carbocycles. The Bertz CT molecular complexity index is 1080. The average molecular weight is 423 g/mol. The van der Waals surface area contributed by atoms with Gasteiger partial charge in [0.2, 0.25) is 10.0 Å². The van der Waals surface area contributed by atoms with Crippen LogP contribution in [0.2, 0.25) is 0 Å². The van der Waals surface area contributed by atoms with Gasteiger partial charge in [0.15, 0.2) is 0 Å². The lowest BCUT2D eigenvalue weighted by atomic mass is 9.77. The third-order valence-electron chi connectivity index (χ3n) is 5.89. The quantitative estimate of drug-likeness (QED) is 0.641. The number of anilines is 1. The van der Waals surface area contributed by atoms with Crippen LogP contribution in [0.15, 0.2) is 84.8 Å². The van der Waals surface area contributed by atoms with Crippen molar-refractivity contribution in [3.8, 4) is 5.75 Å². The first-order valence-corrected chi connectivity index (χ1v) is 11.5. The summed E-state index contributed by atoms with van der Waals surface area (Å²) in [7, 11) is -3.65. The van der Waals surface area contributed by atoms with E-state index in [1.54, 1.807) is 36.4 Å². The van der Waals surface area contributed by atoms with Crippen molar-refractivity contribution in [3.63, 3.8) is 0 Å². The number of benzene rings is 2. The highest BCUT2D eigenvalue weighted by Crippen LogP contribution is 2.50. The van der Waals surface area contributed by atoms with Crippen LogP contribution >= 0.6 is 0 Å². The van der Waals surface area contributed by atoms with E-state index in [9.17, 15) is 13.5 Å². The fourth-order valence-corrected chi connectivity index (χ4v) is 5.87. The lowest BCUT2D eigenvalue weighted by Gasteiger charge is -2.38. The fourth-order valence-electron chi connectivity index (χ4n) is 4.45. The molecule has 1 aliphatic heterocycles. The molecule has 0 amide bonds. The van der Waals surface area contributed by atoms with Gasteiger partial charge in [-0.05, 0) is 53.8 Å². The number of nitrogens with one attached hydrogen (secondary N) is 1. The van der Waals surface area contributed by atoms with E-state index in [4.69, 9.17) is 0 Å². The van der Waals surface area contributed by atoms with Crippen molar-refractivity contribution in [2.45, 2.75) is 23.3 Å². The topological polar surface area (TPSA) is 69.6 Å². The van der Waals surface area contributed by atoms with Gasteiger partial charge in [-0.25, -0.2) is 8.42 Å². The van der Waals surface area contributed by atoms with Gasteiger partial charge in [0.25, 0.3) is 0 Å². The molecule has 0 saturated heterocycles. The second-order valence-corrected chi connectivity index (χ2v) is 9.65. The van der Waals surface area contributed by atoms with Crippen molar-refractivity contribution in [1.82, 2.24) is 4.31 Å². The van der Waals surface area contributed by atoms with Crippen molar-refractivity contribution < 1.29 is 13.5 Å². The molecular weight excluding hydrogens is 396 g/mol. The van der Waals surface area contributed by atoms with Gasteiger partial charge in [-0.2, -0.15) is 4.31 Å². The molecule has 30 heavy (non-hydrogen) atoms. The molecule has 0 bridgehead atoms. The summed E-state index contributed by atoms with van der Waals surface area (Å²) in [6.45, 7) is 7.81. The molecular formula is C24H26N2O3S. The highest BCUT2D eigenvalue weighted by molar-refractivity contribution is 7.89. The number of aromatic hydroxyl groups is 1. The van der Waals surface area contributed by atoms with Gasteiger partial charge in [-0.1, -0.05) is 36.4 Å². The molecule has 6 heteroatoms. The zero-order chi connectivity index (χ0) is 21.3. The Morgan fingerprint density at radius 1 is 1.10 bits per heavy atom. The van der Waals surface area contributed by atoms with Crippen LogP contribution in [-0.4, -0.2) is 30.9 Å². The summed E-state index contributed by atoms with van der Waals surface area (Å²) in [5, 5.41) is 13.2. The van der Waals surface area contributed by atoms with Crippen LogP contribution in [0.25, 0.3) is 0 Å². The number of phenolic OH excluding ortho intramolecular Hbond substituents is 1. The van der Waals surface area contributed by atoms with E-state index in [1.165, 1.54) is 4.31 Å². The summed E-state index contributed by atoms with van der Waals surface area (Å²) in [5.74, 6) is 0.675. The first-order chi connectivity index (χ1) is 14.5. The summed E-state index contributed by atoms with van der Waals surface area (Å²) < 4.78 is 27.7. The molecule has 3 unspecified atom stereocenters. The molecule has 1 heterocycles. The molecule has 0 fully saturated rings. The summed E-state index contributed by atoms with van der Waals surface area (Å²) in [5.41, 5.74) is 3.05. The number of nitrogens with zero attached hydrogens (tertiary/aromatic N) is 1. The average Bonchev–Trinajstić information content (AvgIpc) is 3.23. The van der Waals surface area contributed by atoms with Gasteiger partial charge in [-0.15, -0.1) is 13.2 Å². The number of hydrogen-bond acceptors (Lipinski definition) is 4. The van der Waals surface area contributed by atoms with Gasteiger partial charge in [0, 0.05) is 24.7 Å². The minimum atomic E-state index is -3.65. The standard InChI is InChI=1S/C24H26N2O3S/c1-3-14-26(15-4-2)30(28,29)19-12-13-23-22(16-19)20-6-5-7-21(20)24(25-23)17-8-10-18(27)11-9-17/h3-6,8-13,16,20-21,24-25,27H,1-2,7,14-15H2. The van der Waals surface area contributed by atoms with Crippen LogP contribution in [0, 0.1) is 5.92 Å². The van der Waals surface area contributed by atoms with Crippen molar-refractivity contribution in [1.29, 1.82) is 0 Å². The second-order valence-electron chi connectivity index (χ2n) is 7.72. The molecule has 0 radical (unpaired) electrons. The Hall–Kier alpha value is -2.83. The van der Waals surface area contributed by atoms with E-state index >= 15 is 0 Å². The van der Waals surface area contributed by atoms with Crippen LogP contribution in [0.1, 0.15) is 29.5 Å². The minimum absolute atomic E-state index is 0.0959. The summed E-state index contributed by atoms with van der Waals surface area (Å²) in [6.07, 6.45) is 8.43. The number of sulfonamides is 1. The van der Waals surface area contributed by atoms with Crippen LogP contribution in [-0.2, 0) is 10.0 Å². The van der Waals surface area contributed by atoms with E-state index in [0.29, 0.717) is 0 Å². The Morgan fingerprint density at radius 2 is 1.80 bits per heavy atom. The second kappa shape index (κ2) is 8.13. The maximum atomic E-state index is 13.2. The highest BCUT2D eigenvalue weighted by Gasteiger charge is 2.38. The smallest absolute Gasteiger partial charge is 0.243 e. The zero-order valence-corrected chi connectivity index (χ0v) is 17.6. The predicted molar refractivity (Wildman–Crippen MR) is 120 cm³/mol. The molecule has 2 aromatic rings. The van der Waals surface area contributed by atoms with Crippen LogP contribution in [0.4, 0.5) is 5.69 Å². The fraction of sp³-hybridized carbons (Fsp3) is 0.250. The Kier molecular flexibility index (Phi) is 5.54. The molecule has 2 aliphatic rings. The largest absolute Gasteiger partial charge is 0.508 e. The molecule has 0 spiro atoms. The van der Waals surface area contributed by atoms with E-state index in [0.717, 1.165) is 23.2 Å². The molecule has 1 aliphatic carbocycles. The number of rotatable bonds is 7. The SMILES string of the molecule is C=CCN(CC=C)S(=O)(=O)c1ccc2c(c1)C1C=CCC1C(c1ccc(O)cc1)N2. The first-order valence-electron chi connectivity index (χ1n) is 10.0. The zero-order valence-electron chi connectivity index (χ0n) is 16.7. The third kappa shape index (κ3) is 3.57. The summed E-state index contributed by atoms with van der Waals surface area (Å²) in [6, 6.07) is 12.7. The van der Waals surface area contributed by atoms with E-state index in [1.807, 2.05) is 18.2 Å². The Balaban J connectivity index is 1.72. The van der Waals surface area contributed by atoms with Crippen LogP contribution in [0.3, 0.4) is 0 Å². The van der Waals surface area contributed by atoms with Crippen molar-refractivity contribution in [2.24, 2.45) is 5.92 Å². The predicted octanol–water partition coefficient (Wildman–Crippen LogP) is 4.58. The highest BCUT2D eigenvalue weighted by atomic mass is 32.2. The lowest BCUT2D eigenvalue weighted by Crippen LogP contribution is -2.32. The summed E-state index contributed by atoms with van der Waals surface area (Å²) >= 11 is 0. The maximum absolute atomic E-state index is 13.2. The monoisotopic (exact) mass is 422 g/mol. The molecule has 2 aromatic carbocycles. The number of hydrogen-bond donors (Lipinski definition) is 2. The minimum Gasteiger partial charge on any atom is -0.508 e. The lowest BCUT2D eigenvalue weighted by molar-refractivity contribution is 0.423.